The molecular formula is C21H23N3O3. The van der Waals surface area contributed by atoms with Gasteiger partial charge in [-0.25, -0.2) is 0 Å². The first-order chi connectivity index (χ1) is 13.2. The monoisotopic (exact) mass is 365 g/mol. The molecule has 140 valence electrons. The van der Waals surface area contributed by atoms with Gasteiger partial charge in [0.25, 0.3) is 5.91 Å². The number of nitrogens with one attached hydrogen (secondary N) is 2. The third kappa shape index (κ3) is 3.80. The summed E-state index contributed by atoms with van der Waals surface area (Å²) in [5, 5.41) is 6.29. The molecular weight excluding hydrogens is 342 g/mol. The Labute approximate surface area is 158 Å². The molecule has 0 bridgehead atoms. The first kappa shape index (κ1) is 17.5. The average molecular weight is 365 g/mol. The second-order valence-corrected chi connectivity index (χ2v) is 6.93. The van der Waals surface area contributed by atoms with Crippen molar-refractivity contribution < 1.29 is 14.0 Å². The van der Waals surface area contributed by atoms with Crippen LogP contribution in [-0.4, -0.2) is 42.4 Å². The summed E-state index contributed by atoms with van der Waals surface area (Å²) in [6, 6.07) is 10.7. The molecule has 3 heterocycles. The number of carbonyl (C=O) groups is 2. The second kappa shape index (κ2) is 7.80. The summed E-state index contributed by atoms with van der Waals surface area (Å²) in [5.41, 5.74) is 3.41. The van der Waals surface area contributed by atoms with Crippen LogP contribution in [0.3, 0.4) is 0 Å². The van der Waals surface area contributed by atoms with Gasteiger partial charge in [0.05, 0.1) is 6.26 Å². The van der Waals surface area contributed by atoms with Crippen molar-refractivity contribution >= 4 is 11.8 Å². The van der Waals surface area contributed by atoms with Crippen molar-refractivity contribution in [2.45, 2.75) is 25.4 Å². The zero-order valence-electron chi connectivity index (χ0n) is 15.1. The van der Waals surface area contributed by atoms with Gasteiger partial charge in [-0.2, -0.15) is 0 Å². The number of furan rings is 1. The normalized spacial score (nSPS) is 19.2. The average Bonchev–Trinajstić information content (AvgIpc) is 3.26. The minimum absolute atomic E-state index is 0.121. The molecule has 0 aliphatic carbocycles. The molecule has 0 saturated heterocycles. The SMILES string of the molecule is O=C(NCC1=CCNCC1)C1Cc2ccccc2CN1C(=O)c1ccco1. The highest BCUT2D eigenvalue weighted by Crippen LogP contribution is 2.25. The highest BCUT2D eigenvalue weighted by atomic mass is 16.3. The number of nitrogens with zero attached hydrogens (tertiary/aromatic N) is 1. The molecule has 27 heavy (non-hydrogen) atoms. The third-order valence-corrected chi connectivity index (χ3v) is 5.19. The van der Waals surface area contributed by atoms with Crippen LogP contribution in [0, 0.1) is 0 Å². The van der Waals surface area contributed by atoms with E-state index in [4.69, 9.17) is 4.42 Å². The van der Waals surface area contributed by atoms with E-state index in [1.165, 1.54) is 11.8 Å². The Kier molecular flexibility index (Phi) is 5.07. The third-order valence-electron chi connectivity index (χ3n) is 5.19. The number of fused-ring (bicyclic) bond motifs is 1. The summed E-state index contributed by atoms with van der Waals surface area (Å²) in [6.45, 7) is 2.70. The predicted octanol–water partition coefficient (Wildman–Crippen LogP) is 1.88. The van der Waals surface area contributed by atoms with Gasteiger partial charge in [-0.3, -0.25) is 9.59 Å². The van der Waals surface area contributed by atoms with Gasteiger partial charge in [0.15, 0.2) is 5.76 Å². The second-order valence-electron chi connectivity index (χ2n) is 6.93. The molecule has 2 amide bonds. The van der Waals surface area contributed by atoms with E-state index in [0.29, 0.717) is 19.5 Å². The summed E-state index contributed by atoms with van der Waals surface area (Å²) in [5.74, 6) is -0.118. The van der Waals surface area contributed by atoms with E-state index in [-0.39, 0.29) is 17.6 Å². The van der Waals surface area contributed by atoms with Crippen molar-refractivity contribution in [3.63, 3.8) is 0 Å². The molecule has 1 unspecified atom stereocenters. The molecule has 6 heteroatoms. The first-order valence-electron chi connectivity index (χ1n) is 9.30. The van der Waals surface area contributed by atoms with Crippen LogP contribution in [0.4, 0.5) is 0 Å². The molecule has 1 aromatic carbocycles. The van der Waals surface area contributed by atoms with Gasteiger partial charge in [-0.05, 0) is 36.2 Å². The van der Waals surface area contributed by atoms with Gasteiger partial charge in [0.1, 0.15) is 6.04 Å². The molecule has 0 fully saturated rings. The van der Waals surface area contributed by atoms with Gasteiger partial charge in [0, 0.05) is 26.1 Å². The van der Waals surface area contributed by atoms with Crippen LogP contribution in [-0.2, 0) is 17.8 Å². The van der Waals surface area contributed by atoms with Crippen LogP contribution in [0.25, 0.3) is 0 Å². The lowest BCUT2D eigenvalue weighted by molar-refractivity contribution is -0.126. The highest BCUT2D eigenvalue weighted by Gasteiger charge is 2.35. The molecule has 1 aromatic heterocycles. The molecule has 2 aliphatic rings. The molecule has 0 radical (unpaired) electrons. The van der Waals surface area contributed by atoms with E-state index in [9.17, 15) is 9.59 Å². The Morgan fingerprint density at radius 2 is 2.04 bits per heavy atom. The lowest BCUT2D eigenvalue weighted by Gasteiger charge is -2.35. The summed E-state index contributed by atoms with van der Waals surface area (Å²) < 4.78 is 5.28. The number of hydrogen-bond donors (Lipinski definition) is 2. The Hall–Kier alpha value is -2.86. The van der Waals surface area contributed by atoms with Crippen LogP contribution in [0.5, 0.6) is 0 Å². The van der Waals surface area contributed by atoms with Crippen LogP contribution in [0.15, 0.2) is 58.7 Å². The maximum Gasteiger partial charge on any atom is 0.290 e. The minimum atomic E-state index is -0.542. The maximum absolute atomic E-state index is 13.0. The van der Waals surface area contributed by atoms with E-state index >= 15 is 0 Å². The van der Waals surface area contributed by atoms with Crippen LogP contribution < -0.4 is 10.6 Å². The smallest absolute Gasteiger partial charge is 0.290 e. The Morgan fingerprint density at radius 3 is 2.78 bits per heavy atom. The topological polar surface area (TPSA) is 74.6 Å². The fourth-order valence-electron chi connectivity index (χ4n) is 3.66. The van der Waals surface area contributed by atoms with Crippen molar-refractivity contribution in [2.75, 3.05) is 19.6 Å². The molecule has 6 nitrogen and oxygen atoms in total. The lowest BCUT2D eigenvalue weighted by Crippen LogP contribution is -2.52. The van der Waals surface area contributed by atoms with Crippen molar-refractivity contribution in [3.8, 4) is 0 Å². The van der Waals surface area contributed by atoms with E-state index in [1.54, 1.807) is 17.0 Å². The van der Waals surface area contributed by atoms with Crippen molar-refractivity contribution in [2.24, 2.45) is 0 Å². The zero-order valence-corrected chi connectivity index (χ0v) is 15.1. The summed E-state index contributed by atoms with van der Waals surface area (Å²) in [6.07, 6.45) is 5.04. The summed E-state index contributed by atoms with van der Waals surface area (Å²) >= 11 is 0. The van der Waals surface area contributed by atoms with Gasteiger partial charge in [-0.15, -0.1) is 0 Å². The fraction of sp³-hybridized carbons (Fsp3) is 0.333. The molecule has 0 spiro atoms. The molecule has 0 saturated carbocycles. The van der Waals surface area contributed by atoms with Gasteiger partial charge in [-0.1, -0.05) is 35.9 Å². The van der Waals surface area contributed by atoms with Crippen molar-refractivity contribution in [1.82, 2.24) is 15.5 Å². The van der Waals surface area contributed by atoms with E-state index in [1.807, 2.05) is 24.3 Å². The summed E-state index contributed by atoms with van der Waals surface area (Å²) in [4.78, 5) is 27.5. The van der Waals surface area contributed by atoms with Crippen LogP contribution >= 0.6 is 0 Å². The molecule has 2 N–H and O–H groups in total. The van der Waals surface area contributed by atoms with E-state index in [0.717, 1.165) is 30.6 Å². The Bertz CT molecular complexity index is 857. The summed E-state index contributed by atoms with van der Waals surface area (Å²) in [7, 11) is 0. The van der Waals surface area contributed by atoms with Crippen molar-refractivity contribution in [3.05, 3.63) is 71.2 Å². The van der Waals surface area contributed by atoms with Crippen molar-refractivity contribution in [1.29, 1.82) is 0 Å². The Balaban J connectivity index is 1.54. The first-order valence-corrected chi connectivity index (χ1v) is 9.30. The van der Waals surface area contributed by atoms with Gasteiger partial charge in [0.2, 0.25) is 5.91 Å². The van der Waals surface area contributed by atoms with Crippen LogP contribution in [0.1, 0.15) is 28.1 Å². The number of benzene rings is 1. The minimum Gasteiger partial charge on any atom is -0.459 e. The highest BCUT2D eigenvalue weighted by molar-refractivity contribution is 5.96. The fourth-order valence-corrected chi connectivity index (χ4v) is 3.66. The Morgan fingerprint density at radius 1 is 1.19 bits per heavy atom. The predicted molar refractivity (Wildman–Crippen MR) is 101 cm³/mol. The van der Waals surface area contributed by atoms with Crippen LogP contribution in [0.2, 0.25) is 0 Å². The quantitative estimate of drug-likeness (QED) is 0.812. The van der Waals surface area contributed by atoms with Gasteiger partial charge < -0.3 is 20.0 Å². The maximum atomic E-state index is 13.0. The zero-order chi connectivity index (χ0) is 18.6. The number of rotatable bonds is 4. The largest absolute Gasteiger partial charge is 0.459 e. The molecule has 2 aromatic rings. The molecule has 4 rings (SSSR count). The number of hydrogen-bond acceptors (Lipinski definition) is 4. The lowest BCUT2D eigenvalue weighted by atomic mass is 9.93. The number of carbonyl (C=O) groups excluding carboxylic acids is 2. The van der Waals surface area contributed by atoms with E-state index < -0.39 is 6.04 Å². The molecule has 2 aliphatic heterocycles. The number of amides is 2. The van der Waals surface area contributed by atoms with Gasteiger partial charge >= 0.3 is 0 Å². The standard InChI is InChI=1S/C21H23N3O3/c25-20(23-13-15-7-9-22-10-8-15)18-12-16-4-1-2-5-17(16)14-24(18)21(26)19-6-3-11-27-19/h1-7,11,18,22H,8-10,12-14H2,(H,23,25). The van der Waals surface area contributed by atoms with E-state index in [2.05, 4.69) is 16.7 Å². The molecule has 1 atom stereocenters.